The lowest BCUT2D eigenvalue weighted by atomic mass is 10.2. The molecule has 0 amide bonds. The van der Waals surface area contributed by atoms with Crippen LogP contribution in [0.3, 0.4) is 0 Å². The Morgan fingerprint density at radius 3 is 2.56 bits per heavy atom. The third-order valence-corrected chi connectivity index (χ3v) is 5.73. The van der Waals surface area contributed by atoms with Crippen molar-refractivity contribution in [3.8, 4) is 5.75 Å². The van der Waals surface area contributed by atoms with Gasteiger partial charge in [0.15, 0.2) is 0 Å². The maximum Gasteiger partial charge on any atom is 0.208 e. The van der Waals surface area contributed by atoms with E-state index in [0.717, 1.165) is 45.3 Å². The summed E-state index contributed by atoms with van der Waals surface area (Å²) in [4.78, 5) is 11.8. The Hall–Kier alpha value is -3.25. The van der Waals surface area contributed by atoms with Crippen LogP contribution < -0.4 is 15.0 Å². The van der Waals surface area contributed by atoms with Crippen LogP contribution in [0.25, 0.3) is 11.0 Å². The molecule has 0 saturated carbocycles. The summed E-state index contributed by atoms with van der Waals surface area (Å²) in [7, 11) is 3.65. The SMILES string of the molecule is COc1cc(Cl)cc(C)c1Nc1nc2cccc(N(c3ccc(C)cn3)C(C)C)c2n1C. The molecule has 2 aromatic carbocycles. The molecule has 0 radical (unpaired) electrons. The Bertz CT molecular complexity index is 1260. The van der Waals surface area contributed by atoms with E-state index in [1.165, 1.54) is 0 Å². The molecule has 4 rings (SSSR count). The summed E-state index contributed by atoms with van der Waals surface area (Å²) in [5.41, 5.74) is 5.94. The summed E-state index contributed by atoms with van der Waals surface area (Å²) in [5.74, 6) is 2.30. The van der Waals surface area contributed by atoms with Gasteiger partial charge in [0.05, 0.1) is 29.5 Å². The van der Waals surface area contributed by atoms with E-state index in [1.807, 2.05) is 45.3 Å². The summed E-state index contributed by atoms with van der Waals surface area (Å²) in [5, 5.41) is 4.09. The minimum atomic E-state index is 0.209. The average molecular weight is 450 g/mol. The number of hydrogen-bond donors (Lipinski definition) is 1. The molecule has 166 valence electrons. The Morgan fingerprint density at radius 2 is 1.91 bits per heavy atom. The fourth-order valence-electron chi connectivity index (χ4n) is 3.97. The number of aromatic nitrogens is 3. The first-order valence-electron chi connectivity index (χ1n) is 10.6. The monoisotopic (exact) mass is 449 g/mol. The van der Waals surface area contributed by atoms with E-state index < -0.39 is 0 Å². The van der Waals surface area contributed by atoms with Crippen molar-refractivity contribution >= 4 is 45.8 Å². The summed E-state index contributed by atoms with van der Waals surface area (Å²) < 4.78 is 7.62. The summed E-state index contributed by atoms with van der Waals surface area (Å²) in [6, 6.07) is 14.2. The molecule has 32 heavy (non-hydrogen) atoms. The molecule has 0 fully saturated rings. The number of methoxy groups -OCH3 is 1. The minimum absolute atomic E-state index is 0.209. The van der Waals surface area contributed by atoms with Crippen LogP contribution in [-0.2, 0) is 7.05 Å². The fraction of sp³-hybridized carbons (Fsp3) is 0.280. The molecule has 2 heterocycles. The zero-order valence-corrected chi connectivity index (χ0v) is 20.0. The molecule has 0 aliphatic heterocycles. The van der Waals surface area contributed by atoms with Gasteiger partial charge in [-0.05, 0) is 63.1 Å². The van der Waals surface area contributed by atoms with Gasteiger partial charge in [-0.1, -0.05) is 23.7 Å². The number of para-hydroxylation sites is 1. The topological polar surface area (TPSA) is 55.2 Å². The second-order valence-corrected chi connectivity index (χ2v) is 8.66. The normalized spacial score (nSPS) is 11.2. The van der Waals surface area contributed by atoms with E-state index in [2.05, 4.69) is 51.8 Å². The number of hydrogen-bond acceptors (Lipinski definition) is 5. The van der Waals surface area contributed by atoms with Gasteiger partial charge in [-0.25, -0.2) is 9.97 Å². The fourth-order valence-corrected chi connectivity index (χ4v) is 4.23. The van der Waals surface area contributed by atoms with Crippen LogP contribution in [0, 0.1) is 13.8 Å². The predicted octanol–water partition coefficient (Wildman–Crippen LogP) is 6.54. The number of nitrogens with zero attached hydrogens (tertiary/aromatic N) is 4. The van der Waals surface area contributed by atoms with Gasteiger partial charge in [0.1, 0.15) is 11.6 Å². The molecule has 0 aliphatic rings. The van der Waals surface area contributed by atoms with Crippen molar-refractivity contribution in [3.63, 3.8) is 0 Å². The van der Waals surface area contributed by atoms with Crippen LogP contribution >= 0.6 is 11.6 Å². The summed E-state index contributed by atoms with van der Waals surface area (Å²) in [6.45, 7) is 8.37. The second-order valence-electron chi connectivity index (χ2n) is 8.22. The summed E-state index contributed by atoms with van der Waals surface area (Å²) in [6.07, 6.45) is 1.90. The van der Waals surface area contributed by atoms with Gasteiger partial charge in [-0.15, -0.1) is 0 Å². The van der Waals surface area contributed by atoms with Gasteiger partial charge in [-0.2, -0.15) is 0 Å². The van der Waals surface area contributed by atoms with E-state index >= 15 is 0 Å². The molecular weight excluding hydrogens is 422 g/mol. The number of halogens is 1. The third-order valence-electron chi connectivity index (χ3n) is 5.51. The van der Waals surface area contributed by atoms with Gasteiger partial charge in [-0.3, -0.25) is 0 Å². The van der Waals surface area contributed by atoms with Crippen molar-refractivity contribution in [1.82, 2.24) is 14.5 Å². The molecule has 0 unspecified atom stereocenters. The van der Waals surface area contributed by atoms with Gasteiger partial charge in [0, 0.05) is 30.4 Å². The highest BCUT2D eigenvalue weighted by Gasteiger charge is 2.21. The van der Waals surface area contributed by atoms with E-state index in [4.69, 9.17) is 21.3 Å². The number of nitrogens with one attached hydrogen (secondary N) is 1. The van der Waals surface area contributed by atoms with Crippen LogP contribution in [0.2, 0.25) is 5.02 Å². The van der Waals surface area contributed by atoms with Crippen LogP contribution in [0.4, 0.5) is 23.1 Å². The lowest BCUT2D eigenvalue weighted by Gasteiger charge is -2.29. The van der Waals surface area contributed by atoms with Crippen molar-refractivity contribution in [2.24, 2.45) is 7.05 Å². The van der Waals surface area contributed by atoms with Gasteiger partial charge in [0.2, 0.25) is 5.95 Å². The highest BCUT2D eigenvalue weighted by molar-refractivity contribution is 6.31. The minimum Gasteiger partial charge on any atom is -0.495 e. The van der Waals surface area contributed by atoms with Gasteiger partial charge in [0.25, 0.3) is 0 Å². The number of anilines is 4. The Balaban J connectivity index is 1.84. The van der Waals surface area contributed by atoms with Crippen molar-refractivity contribution in [3.05, 3.63) is 64.8 Å². The largest absolute Gasteiger partial charge is 0.495 e. The van der Waals surface area contributed by atoms with Gasteiger partial charge >= 0.3 is 0 Å². The molecule has 0 spiro atoms. The molecule has 0 saturated heterocycles. The van der Waals surface area contributed by atoms with Crippen molar-refractivity contribution < 1.29 is 4.74 Å². The average Bonchev–Trinajstić information content (AvgIpc) is 3.07. The molecule has 4 aromatic rings. The maximum absolute atomic E-state index is 6.21. The standard InChI is InChI=1S/C25H28ClN5O/c1-15(2)31(22-11-10-16(3)14-27-22)20-9-7-8-19-24(20)30(5)25(28-19)29-23-17(4)12-18(26)13-21(23)32-6/h7-15H,1-6H3,(H,28,29). The number of benzene rings is 2. The number of pyridine rings is 1. The molecule has 0 aliphatic carbocycles. The first kappa shape index (κ1) is 22.0. The van der Waals surface area contributed by atoms with E-state index in [9.17, 15) is 0 Å². The molecule has 0 atom stereocenters. The Morgan fingerprint density at radius 1 is 1.12 bits per heavy atom. The quantitative estimate of drug-likeness (QED) is 0.362. The first-order chi connectivity index (χ1) is 15.3. The number of ether oxygens (including phenoxy) is 1. The maximum atomic E-state index is 6.21. The number of fused-ring (bicyclic) bond motifs is 1. The number of rotatable bonds is 6. The highest BCUT2D eigenvalue weighted by atomic mass is 35.5. The van der Waals surface area contributed by atoms with Gasteiger partial charge < -0.3 is 19.5 Å². The molecule has 0 bridgehead atoms. The van der Waals surface area contributed by atoms with Crippen LogP contribution in [-0.4, -0.2) is 27.7 Å². The van der Waals surface area contributed by atoms with E-state index in [0.29, 0.717) is 10.8 Å². The van der Waals surface area contributed by atoms with Crippen LogP contribution in [0.15, 0.2) is 48.7 Å². The number of aryl methyl sites for hydroxylation is 3. The predicted molar refractivity (Wildman–Crippen MR) is 133 cm³/mol. The van der Waals surface area contributed by atoms with E-state index in [1.54, 1.807) is 13.2 Å². The second kappa shape index (κ2) is 8.71. The number of imidazole rings is 1. The van der Waals surface area contributed by atoms with Crippen LogP contribution in [0.1, 0.15) is 25.0 Å². The zero-order chi connectivity index (χ0) is 23.0. The van der Waals surface area contributed by atoms with Crippen molar-refractivity contribution in [1.29, 1.82) is 0 Å². The Labute approximate surface area is 193 Å². The van der Waals surface area contributed by atoms with Crippen LogP contribution in [0.5, 0.6) is 5.75 Å². The molecule has 7 heteroatoms. The molecule has 2 aromatic heterocycles. The smallest absolute Gasteiger partial charge is 0.208 e. The summed E-state index contributed by atoms with van der Waals surface area (Å²) >= 11 is 6.21. The van der Waals surface area contributed by atoms with Crippen molar-refractivity contribution in [2.45, 2.75) is 33.7 Å². The zero-order valence-electron chi connectivity index (χ0n) is 19.3. The first-order valence-corrected chi connectivity index (χ1v) is 11.0. The molecular formula is C25H28ClN5O. The van der Waals surface area contributed by atoms with Crippen molar-refractivity contribution in [2.75, 3.05) is 17.3 Å². The lowest BCUT2D eigenvalue weighted by Crippen LogP contribution is -2.26. The van der Waals surface area contributed by atoms with E-state index in [-0.39, 0.29) is 6.04 Å². The molecule has 1 N–H and O–H groups in total. The molecule has 6 nitrogen and oxygen atoms in total. The Kier molecular flexibility index (Phi) is 5.98. The highest BCUT2D eigenvalue weighted by Crippen LogP contribution is 2.37. The third kappa shape index (κ3) is 3.98. The lowest BCUT2D eigenvalue weighted by molar-refractivity contribution is 0.416.